The molecule has 2 saturated heterocycles. The van der Waals surface area contributed by atoms with Crippen molar-refractivity contribution in [3.05, 3.63) is 59.9 Å². The number of aliphatic carboxylic acids is 1. The van der Waals surface area contributed by atoms with Crippen molar-refractivity contribution in [1.29, 1.82) is 0 Å². The molecule has 2 atom stereocenters. The third-order valence-electron chi connectivity index (χ3n) is 5.76. The van der Waals surface area contributed by atoms with Crippen molar-refractivity contribution in [1.82, 2.24) is 10.3 Å². The van der Waals surface area contributed by atoms with Crippen molar-refractivity contribution in [2.75, 3.05) is 19.8 Å². The minimum Gasteiger partial charge on any atom is -0.492 e. The molecule has 0 amide bonds. The van der Waals surface area contributed by atoms with Crippen LogP contribution in [0.5, 0.6) is 5.75 Å². The molecule has 0 radical (unpaired) electrons. The number of pyridine rings is 1. The summed E-state index contributed by atoms with van der Waals surface area (Å²) in [5, 5.41) is 12.7. The van der Waals surface area contributed by atoms with Crippen molar-refractivity contribution in [3.8, 4) is 5.75 Å². The lowest BCUT2D eigenvalue weighted by Gasteiger charge is -2.34. The van der Waals surface area contributed by atoms with Gasteiger partial charge in [0.05, 0.1) is 18.9 Å². The van der Waals surface area contributed by atoms with Crippen LogP contribution in [0.25, 0.3) is 0 Å². The third kappa shape index (κ3) is 4.98. The summed E-state index contributed by atoms with van der Waals surface area (Å²) in [4.78, 5) is 15.6. The molecule has 2 fully saturated rings. The Morgan fingerprint density at radius 2 is 1.97 bits per heavy atom. The van der Waals surface area contributed by atoms with Crippen LogP contribution in [0.1, 0.15) is 37.1 Å². The van der Waals surface area contributed by atoms with Crippen LogP contribution in [0.15, 0.2) is 48.7 Å². The first-order valence-electron chi connectivity index (χ1n) is 10.4. The molecule has 7 nitrogen and oxygen atoms in total. The van der Waals surface area contributed by atoms with E-state index in [0.717, 1.165) is 36.3 Å². The molecule has 2 aromatic rings. The van der Waals surface area contributed by atoms with E-state index in [9.17, 15) is 4.79 Å². The summed E-state index contributed by atoms with van der Waals surface area (Å²) in [7, 11) is 0. The fourth-order valence-corrected chi connectivity index (χ4v) is 3.90. The molecule has 0 aliphatic carbocycles. The first-order valence-corrected chi connectivity index (χ1v) is 10.4. The maximum Gasteiger partial charge on any atom is 0.364 e. The van der Waals surface area contributed by atoms with Crippen molar-refractivity contribution in [2.24, 2.45) is 5.92 Å². The smallest absolute Gasteiger partial charge is 0.364 e. The molecule has 1 aromatic heterocycles. The predicted molar refractivity (Wildman–Crippen MR) is 110 cm³/mol. The van der Waals surface area contributed by atoms with Gasteiger partial charge in [-0.1, -0.05) is 18.2 Å². The molecule has 2 unspecified atom stereocenters. The van der Waals surface area contributed by atoms with Crippen LogP contribution in [0.4, 0.5) is 0 Å². The summed E-state index contributed by atoms with van der Waals surface area (Å²) in [5.41, 5.74) is 2.23. The van der Waals surface area contributed by atoms with Crippen molar-refractivity contribution >= 4 is 5.97 Å². The van der Waals surface area contributed by atoms with Crippen LogP contribution < -0.4 is 10.1 Å². The summed E-state index contributed by atoms with van der Waals surface area (Å²) in [6, 6.07) is 14.7. The lowest BCUT2D eigenvalue weighted by molar-refractivity contribution is -0.270. The monoisotopic (exact) mass is 412 g/mol. The first-order chi connectivity index (χ1) is 14.5. The van der Waals surface area contributed by atoms with Gasteiger partial charge in [-0.25, -0.2) is 4.79 Å². The van der Waals surface area contributed by atoms with E-state index in [1.165, 1.54) is 6.92 Å². The Kier molecular flexibility index (Phi) is 6.32. The third-order valence-corrected chi connectivity index (χ3v) is 5.76. The van der Waals surface area contributed by atoms with Crippen LogP contribution in [-0.4, -0.2) is 47.7 Å². The quantitative estimate of drug-likeness (QED) is 0.723. The normalized spacial score (nSPS) is 28.9. The number of carboxylic acid groups (broad SMARTS) is 1. The summed E-state index contributed by atoms with van der Waals surface area (Å²) < 4.78 is 16.8. The molecule has 2 aliphatic rings. The van der Waals surface area contributed by atoms with Crippen LogP contribution in [0.3, 0.4) is 0 Å². The van der Waals surface area contributed by atoms with Gasteiger partial charge in [-0.2, -0.15) is 0 Å². The van der Waals surface area contributed by atoms with Gasteiger partial charge in [0, 0.05) is 31.1 Å². The summed E-state index contributed by atoms with van der Waals surface area (Å²) in [6.07, 6.45) is 4.73. The lowest BCUT2D eigenvalue weighted by atomic mass is 9.99. The van der Waals surface area contributed by atoms with Crippen LogP contribution in [0, 0.1) is 5.92 Å². The first kappa shape index (κ1) is 20.8. The van der Waals surface area contributed by atoms with E-state index >= 15 is 0 Å². The molecule has 3 heterocycles. The summed E-state index contributed by atoms with van der Waals surface area (Å²) >= 11 is 0. The second kappa shape index (κ2) is 9.12. The van der Waals surface area contributed by atoms with E-state index in [0.29, 0.717) is 31.9 Å². The zero-order valence-corrected chi connectivity index (χ0v) is 17.1. The van der Waals surface area contributed by atoms with Crippen molar-refractivity contribution in [3.63, 3.8) is 0 Å². The van der Waals surface area contributed by atoms with Gasteiger partial charge in [0.1, 0.15) is 12.4 Å². The van der Waals surface area contributed by atoms with Crippen LogP contribution >= 0.6 is 0 Å². The van der Waals surface area contributed by atoms with E-state index in [2.05, 4.69) is 16.4 Å². The van der Waals surface area contributed by atoms with Crippen molar-refractivity contribution in [2.45, 2.75) is 44.1 Å². The lowest BCUT2D eigenvalue weighted by Crippen LogP contribution is -2.48. The number of nitrogens with one attached hydrogen (secondary N) is 1. The fraction of sp³-hybridized carbons (Fsp3) is 0.478. The number of ether oxygens (including phenoxy) is 3. The Bertz CT molecular complexity index is 834. The number of carbonyl (C=O) groups is 1. The highest BCUT2D eigenvalue weighted by Gasteiger charge is 2.40. The molecular formula is C23H28N2O5. The molecule has 7 heteroatoms. The van der Waals surface area contributed by atoms with Gasteiger partial charge in [-0.15, -0.1) is 0 Å². The molecule has 30 heavy (non-hydrogen) atoms. The highest BCUT2D eigenvalue weighted by molar-refractivity contribution is 5.75. The van der Waals surface area contributed by atoms with Crippen molar-refractivity contribution < 1.29 is 24.1 Å². The SMILES string of the molecule is CC1(C(=O)O)OCC(Cc2ccc(OCC3CCC(c4ccccn4)N3)cc2)CO1. The summed E-state index contributed by atoms with van der Waals surface area (Å²) in [5.74, 6) is -1.64. The minimum atomic E-state index is -1.53. The zero-order valence-electron chi connectivity index (χ0n) is 17.1. The average molecular weight is 412 g/mol. The largest absolute Gasteiger partial charge is 0.492 e. The van der Waals surface area contributed by atoms with Gasteiger partial charge in [0.15, 0.2) is 0 Å². The number of benzene rings is 1. The molecule has 2 N–H and O–H groups in total. The molecular weight excluding hydrogens is 384 g/mol. The Labute approximate surface area is 176 Å². The van der Waals surface area contributed by atoms with Gasteiger partial charge in [0.2, 0.25) is 0 Å². The predicted octanol–water partition coefficient (Wildman–Crippen LogP) is 2.96. The van der Waals surface area contributed by atoms with Gasteiger partial charge in [0.25, 0.3) is 5.79 Å². The maximum absolute atomic E-state index is 11.2. The molecule has 0 bridgehead atoms. The van der Waals surface area contributed by atoms with Gasteiger partial charge in [-0.3, -0.25) is 4.98 Å². The van der Waals surface area contributed by atoms with E-state index in [1.54, 1.807) is 0 Å². The molecule has 1 aromatic carbocycles. The molecule has 0 spiro atoms. The molecule has 0 saturated carbocycles. The Hall–Kier alpha value is -2.48. The maximum atomic E-state index is 11.2. The number of aromatic nitrogens is 1. The second-order valence-electron chi connectivity index (χ2n) is 8.15. The highest BCUT2D eigenvalue weighted by atomic mass is 16.7. The summed E-state index contributed by atoms with van der Waals surface area (Å²) in [6.45, 7) is 2.80. The number of hydrogen-bond acceptors (Lipinski definition) is 6. The molecule has 2 aliphatic heterocycles. The highest BCUT2D eigenvalue weighted by Crippen LogP contribution is 2.26. The number of rotatable bonds is 7. The minimum absolute atomic E-state index is 0.135. The van der Waals surface area contributed by atoms with E-state index < -0.39 is 11.8 Å². The fourth-order valence-electron chi connectivity index (χ4n) is 3.90. The van der Waals surface area contributed by atoms with Gasteiger partial charge in [-0.05, 0) is 49.1 Å². The van der Waals surface area contributed by atoms with Crippen LogP contribution in [-0.2, 0) is 20.7 Å². The van der Waals surface area contributed by atoms with E-state index in [1.807, 2.05) is 42.6 Å². The standard InChI is InChI=1S/C23H28N2O5/c1-23(22(26)27)29-13-17(14-30-23)12-16-5-8-19(9-6-16)28-15-18-7-10-21(25-18)20-4-2-3-11-24-20/h2-6,8-9,11,17-18,21,25H,7,10,12-15H2,1H3,(H,26,27). The van der Waals surface area contributed by atoms with Crippen LogP contribution in [0.2, 0.25) is 0 Å². The Balaban J connectivity index is 1.21. The topological polar surface area (TPSA) is 89.9 Å². The number of hydrogen-bond donors (Lipinski definition) is 2. The van der Waals surface area contributed by atoms with E-state index in [4.69, 9.17) is 19.3 Å². The Morgan fingerprint density at radius 1 is 1.20 bits per heavy atom. The number of carboxylic acids is 1. The molecule has 160 valence electrons. The zero-order chi connectivity index (χ0) is 21.0. The van der Waals surface area contributed by atoms with E-state index in [-0.39, 0.29) is 5.92 Å². The molecule has 4 rings (SSSR count). The second-order valence-corrected chi connectivity index (χ2v) is 8.15. The number of nitrogens with zero attached hydrogens (tertiary/aromatic N) is 1. The van der Waals surface area contributed by atoms with Gasteiger partial charge < -0.3 is 24.6 Å². The Morgan fingerprint density at radius 3 is 2.63 bits per heavy atom. The van der Waals surface area contributed by atoms with Gasteiger partial charge >= 0.3 is 5.97 Å². The average Bonchev–Trinajstić information content (AvgIpc) is 3.25.